The SMILES string of the molecule is COC(=O)c1sccc1S(=O)(=O)NC1CCN(C(=O)c2ccco2)CC1. The minimum absolute atomic E-state index is 0.0467. The molecule has 0 bridgehead atoms. The second-order valence-electron chi connectivity index (χ2n) is 5.77. The Balaban J connectivity index is 1.63. The summed E-state index contributed by atoms with van der Waals surface area (Å²) in [6, 6.07) is 4.32. The van der Waals surface area contributed by atoms with E-state index >= 15 is 0 Å². The van der Waals surface area contributed by atoms with Crippen molar-refractivity contribution in [3.63, 3.8) is 0 Å². The molecule has 1 amide bonds. The molecule has 3 heterocycles. The molecule has 1 fully saturated rings. The Morgan fingerprint density at radius 3 is 2.65 bits per heavy atom. The van der Waals surface area contributed by atoms with Crippen LogP contribution in [-0.2, 0) is 14.8 Å². The largest absolute Gasteiger partial charge is 0.465 e. The van der Waals surface area contributed by atoms with Gasteiger partial charge in [-0.1, -0.05) is 0 Å². The van der Waals surface area contributed by atoms with Crippen LogP contribution in [-0.4, -0.2) is 51.4 Å². The predicted octanol–water partition coefficient (Wildman–Crippen LogP) is 1.71. The molecule has 1 N–H and O–H groups in total. The Hall–Kier alpha value is -2.17. The fraction of sp³-hybridized carbons (Fsp3) is 0.375. The molecule has 10 heteroatoms. The summed E-state index contributed by atoms with van der Waals surface area (Å²) in [5.41, 5.74) is 0. The molecular weight excluding hydrogens is 380 g/mol. The van der Waals surface area contributed by atoms with Crippen LogP contribution < -0.4 is 4.72 Å². The summed E-state index contributed by atoms with van der Waals surface area (Å²) in [6.45, 7) is 0.834. The molecule has 1 aliphatic heterocycles. The van der Waals surface area contributed by atoms with Crippen LogP contribution in [0.3, 0.4) is 0 Å². The maximum atomic E-state index is 12.6. The van der Waals surface area contributed by atoms with Crippen LogP contribution in [0.1, 0.15) is 33.1 Å². The summed E-state index contributed by atoms with van der Waals surface area (Å²) in [5.74, 6) is -0.619. The molecule has 0 aliphatic carbocycles. The Morgan fingerprint density at radius 2 is 2.04 bits per heavy atom. The van der Waals surface area contributed by atoms with E-state index in [4.69, 9.17) is 4.42 Å². The predicted molar refractivity (Wildman–Crippen MR) is 93.6 cm³/mol. The van der Waals surface area contributed by atoms with Crippen molar-refractivity contribution in [1.29, 1.82) is 0 Å². The minimum Gasteiger partial charge on any atom is -0.465 e. The fourth-order valence-electron chi connectivity index (χ4n) is 2.79. The topological polar surface area (TPSA) is 106 Å². The third kappa shape index (κ3) is 3.81. The van der Waals surface area contributed by atoms with E-state index in [0.29, 0.717) is 25.9 Å². The lowest BCUT2D eigenvalue weighted by Crippen LogP contribution is -2.46. The number of sulfonamides is 1. The second kappa shape index (κ2) is 7.60. The molecule has 0 unspecified atom stereocenters. The highest BCUT2D eigenvalue weighted by atomic mass is 32.2. The first-order valence-corrected chi connectivity index (χ1v) is 10.3. The summed E-state index contributed by atoms with van der Waals surface area (Å²) < 4.78 is 37.5. The Bertz CT molecular complexity index is 880. The molecule has 1 saturated heterocycles. The summed E-state index contributed by atoms with van der Waals surface area (Å²) >= 11 is 1.02. The first-order valence-electron chi connectivity index (χ1n) is 7.93. The smallest absolute Gasteiger partial charge is 0.349 e. The van der Waals surface area contributed by atoms with E-state index in [-0.39, 0.29) is 27.5 Å². The molecule has 8 nitrogen and oxygen atoms in total. The summed E-state index contributed by atoms with van der Waals surface area (Å²) in [4.78, 5) is 25.5. The number of piperidine rings is 1. The van der Waals surface area contributed by atoms with Gasteiger partial charge in [0.1, 0.15) is 9.77 Å². The van der Waals surface area contributed by atoms with Gasteiger partial charge < -0.3 is 14.1 Å². The number of nitrogens with one attached hydrogen (secondary N) is 1. The summed E-state index contributed by atoms with van der Waals surface area (Å²) in [7, 11) is -2.64. The monoisotopic (exact) mass is 398 g/mol. The maximum Gasteiger partial charge on any atom is 0.349 e. The van der Waals surface area contributed by atoms with E-state index in [2.05, 4.69) is 9.46 Å². The number of carbonyl (C=O) groups excluding carboxylic acids is 2. The van der Waals surface area contributed by atoms with Gasteiger partial charge >= 0.3 is 5.97 Å². The van der Waals surface area contributed by atoms with E-state index in [9.17, 15) is 18.0 Å². The van der Waals surface area contributed by atoms with Gasteiger partial charge in [-0.15, -0.1) is 11.3 Å². The lowest BCUT2D eigenvalue weighted by molar-refractivity contribution is 0.0601. The van der Waals surface area contributed by atoms with Crippen LogP contribution in [0, 0.1) is 0 Å². The van der Waals surface area contributed by atoms with E-state index in [1.807, 2.05) is 0 Å². The van der Waals surface area contributed by atoms with Gasteiger partial charge in [0.05, 0.1) is 13.4 Å². The van der Waals surface area contributed by atoms with Gasteiger partial charge in [-0.05, 0) is 36.4 Å². The van der Waals surface area contributed by atoms with Crippen LogP contribution >= 0.6 is 11.3 Å². The highest BCUT2D eigenvalue weighted by Crippen LogP contribution is 2.24. The Morgan fingerprint density at radius 1 is 1.31 bits per heavy atom. The lowest BCUT2D eigenvalue weighted by atomic mass is 10.1. The van der Waals surface area contributed by atoms with E-state index < -0.39 is 16.0 Å². The molecule has 0 aromatic carbocycles. The number of hydrogen-bond donors (Lipinski definition) is 1. The second-order valence-corrected chi connectivity index (χ2v) is 8.37. The summed E-state index contributed by atoms with van der Waals surface area (Å²) in [6.07, 6.45) is 2.39. The van der Waals surface area contributed by atoms with Gasteiger partial charge in [0, 0.05) is 19.1 Å². The fourth-order valence-corrected chi connectivity index (χ4v) is 5.43. The molecule has 2 aromatic rings. The summed E-state index contributed by atoms with van der Waals surface area (Å²) in [5, 5.41) is 1.53. The molecule has 0 radical (unpaired) electrons. The number of furan rings is 1. The van der Waals surface area contributed by atoms with Crippen LogP contribution in [0.25, 0.3) is 0 Å². The number of nitrogens with zero attached hydrogens (tertiary/aromatic N) is 1. The number of methoxy groups -OCH3 is 1. The van der Waals surface area contributed by atoms with Crippen molar-refractivity contribution in [1.82, 2.24) is 9.62 Å². The van der Waals surface area contributed by atoms with Crippen molar-refractivity contribution in [2.75, 3.05) is 20.2 Å². The number of hydrogen-bond acceptors (Lipinski definition) is 7. The van der Waals surface area contributed by atoms with Gasteiger partial charge in [0.25, 0.3) is 5.91 Å². The quantitative estimate of drug-likeness (QED) is 0.769. The van der Waals surface area contributed by atoms with Gasteiger partial charge in [-0.3, -0.25) is 4.79 Å². The van der Waals surface area contributed by atoms with E-state index in [0.717, 1.165) is 11.3 Å². The number of amides is 1. The maximum absolute atomic E-state index is 12.6. The molecule has 26 heavy (non-hydrogen) atoms. The van der Waals surface area contributed by atoms with Gasteiger partial charge in [0.15, 0.2) is 5.76 Å². The third-order valence-electron chi connectivity index (χ3n) is 4.13. The number of thiophene rings is 1. The van der Waals surface area contributed by atoms with Crippen LogP contribution in [0.5, 0.6) is 0 Å². The third-order valence-corrected chi connectivity index (χ3v) is 6.71. The first kappa shape index (κ1) is 18.6. The molecule has 0 spiro atoms. The van der Waals surface area contributed by atoms with Crippen LogP contribution in [0.2, 0.25) is 0 Å². The van der Waals surface area contributed by atoms with Gasteiger partial charge in [-0.25, -0.2) is 17.9 Å². The molecule has 0 atom stereocenters. The number of likely N-dealkylation sites (tertiary alicyclic amines) is 1. The Labute approximate surface area is 154 Å². The van der Waals surface area contributed by atoms with Crippen molar-refractivity contribution in [2.45, 2.75) is 23.8 Å². The highest BCUT2D eigenvalue weighted by Gasteiger charge is 2.30. The van der Waals surface area contributed by atoms with Crippen molar-refractivity contribution in [3.05, 3.63) is 40.5 Å². The molecular formula is C16H18N2O6S2. The zero-order valence-electron chi connectivity index (χ0n) is 14.0. The molecule has 0 saturated carbocycles. The number of carbonyl (C=O) groups is 2. The van der Waals surface area contributed by atoms with E-state index in [1.54, 1.807) is 17.0 Å². The average molecular weight is 398 g/mol. The molecule has 3 rings (SSSR count). The highest BCUT2D eigenvalue weighted by molar-refractivity contribution is 7.89. The first-order chi connectivity index (χ1) is 12.4. The molecule has 140 valence electrons. The molecule has 1 aliphatic rings. The minimum atomic E-state index is -3.85. The van der Waals surface area contributed by atoms with E-state index in [1.165, 1.54) is 24.8 Å². The van der Waals surface area contributed by atoms with Crippen LogP contribution in [0.4, 0.5) is 0 Å². The normalized spacial score (nSPS) is 15.8. The van der Waals surface area contributed by atoms with Crippen molar-refractivity contribution >= 4 is 33.2 Å². The van der Waals surface area contributed by atoms with Gasteiger partial charge in [0.2, 0.25) is 10.0 Å². The number of esters is 1. The zero-order valence-corrected chi connectivity index (χ0v) is 15.6. The van der Waals surface area contributed by atoms with Crippen molar-refractivity contribution in [2.24, 2.45) is 0 Å². The number of ether oxygens (including phenoxy) is 1. The lowest BCUT2D eigenvalue weighted by Gasteiger charge is -2.31. The van der Waals surface area contributed by atoms with Gasteiger partial charge in [-0.2, -0.15) is 0 Å². The zero-order chi connectivity index (χ0) is 18.7. The van der Waals surface area contributed by atoms with Crippen molar-refractivity contribution < 1.29 is 27.2 Å². The number of rotatable bonds is 5. The standard InChI is InChI=1S/C16H18N2O6S2/c1-23-16(20)14-13(6-10-25-14)26(21,22)17-11-4-7-18(8-5-11)15(19)12-3-2-9-24-12/h2-3,6,9-11,17H,4-5,7-8H2,1H3. The molecule has 2 aromatic heterocycles. The van der Waals surface area contributed by atoms with Crippen LogP contribution in [0.15, 0.2) is 39.2 Å². The Kier molecular flexibility index (Phi) is 5.44. The van der Waals surface area contributed by atoms with Crippen molar-refractivity contribution in [3.8, 4) is 0 Å². The average Bonchev–Trinajstić information content (AvgIpc) is 3.32.